The molecule has 0 bridgehead atoms. The van der Waals surface area contributed by atoms with Crippen molar-refractivity contribution in [2.24, 2.45) is 0 Å². The van der Waals surface area contributed by atoms with Gasteiger partial charge in [0.25, 0.3) is 5.91 Å². The molecule has 0 aliphatic rings. The summed E-state index contributed by atoms with van der Waals surface area (Å²) >= 11 is 0. The Balaban J connectivity index is 2.55. The van der Waals surface area contributed by atoms with Crippen molar-refractivity contribution in [3.63, 3.8) is 0 Å². The van der Waals surface area contributed by atoms with Crippen LogP contribution in [0.5, 0.6) is 11.5 Å². The first-order chi connectivity index (χ1) is 13.0. The quantitative estimate of drug-likeness (QED) is 0.489. The highest BCUT2D eigenvalue weighted by Crippen LogP contribution is 2.17. The molecular weight excluding hydrogens is 348 g/mol. The predicted octanol–water partition coefficient (Wildman–Crippen LogP) is 2.20. The Kier molecular flexibility index (Phi) is 10.9. The Morgan fingerprint density at radius 3 is 2.07 bits per heavy atom. The van der Waals surface area contributed by atoms with Crippen molar-refractivity contribution in [3.05, 3.63) is 24.3 Å². The molecule has 7 nitrogen and oxygen atoms in total. The molecule has 0 radical (unpaired) electrons. The number of rotatable bonds is 13. The average Bonchev–Trinajstić information content (AvgIpc) is 2.64. The minimum Gasteiger partial charge on any atom is -0.494 e. The first-order valence-electron chi connectivity index (χ1n) is 9.40. The van der Waals surface area contributed by atoms with E-state index in [9.17, 15) is 9.59 Å². The molecule has 0 fully saturated rings. The minimum absolute atomic E-state index is 0.0707. The lowest BCUT2D eigenvalue weighted by atomic mass is 10.3. The molecule has 152 valence electrons. The summed E-state index contributed by atoms with van der Waals surface area (Å²) in [5.74, 6) is 0.920. The molecule has 27 heavy (non-hydrogen) atoms. The Labute approximate surface area is 162 Å². The smallest absolute Gasteiger partial charge is 0.307 e. The molecule has 0 aliphatic carbocycles. The van der Waals surface area contributed by atoms with Crippen molar-refractivity contribution >= 4 is 11.9 Å². The van der Waals surface area contributed by atoms with E-state index in [-0.39, 0.29) is 24.9 Å². The first kappa shape index (κ1) is 22.8. The third-order valence-electron chi connectivity index (χ3n) is 3.77. The second-order valence-corrected chi connectivity index (χ2v) is 6.29. The maximum absolute atomic E-state index is 12.5. The molecule has 1 amide bonds. The summed E-state index contributed by atoms with van der Waals surface area (Å²) in [6.07, 6.45) is 1.01. The summed E-state index contributed by atoms with van der Waals surface area (Å²) in [6.45, 7) is 6.32. The van der Waals surface area contributed by atoms with Crippen LogP contribution in [0.1, 0.15) is 26.7 Å². The molecule has 1 aromatic rings. The van der Waals surface area contributed by atoms with E-state index in [1.165, 1.54) is 0 Å². The van der Waals surface area contributed by atoms with Crippen molar-refractivity contribution in [3.8, 4) is 11.5 Å². The summed E-state index contributed by atoms with van der Waals surface area (Å²) in [6, 6.07) is 7.15. The van der Waals surface area contributed by atoms with Crippen LogP contribution in [0.3, 0.4) is 0 Å². The number of nitrogens with zero attached hydrogens (tertiary/aromatic N) is 2. The maximum atomic E-state index is 12.5. The normalized spacial score (nSPS) is 10.6. The lowest BCUT2D eigenvalue weighted by Gasteiger charge is -2.23. The van der Waals surface area contributed by atoms with Gasteiger partial charge in [-0.05, 0) is 65.2 Å². The molecule has 0 saturated heterocycles. The van der Waals surface area contributed by atoms with Crippen LogP contribution in [0.2, 0.25) is 0 Å². The van der Waals surface area contributed by atoms with Crippen LogP contribution in [0, 0.1) is 0 Å². The van der Waals surface area contributed by atoms with Crippen LogP contribution in [0.15, 0.2) is 24.3 Å². The zero-order valence-corrected chi connectivity index (χ0v) is 16.9. The van der Waals surface area contributed by atoms with Crippen LogP contribution >= 0.6 is 0 Å². The van der Waals surface area contributed by atoms with Crippen LogP contribution in [0.25, 0.3) is 0 Å². The average molecular weight is 380 g/mol. The van der Waals surface area contributed by atoms with Gasteiger partial charge >= 0.3 is 5.97 Å². The van der Waals surface area contributed by atoms with E-state index in [4.69, 9.17) is 14.2 Å². The van der Waals surface area contributed by atoms with Crippen molar-refractivity contribution in [2.75, 3.05) is 53.6 Å². The van der Waals surface area contributed by atoms with E-state index in [0.29, 0.717) is 32.1 Å². The monoisotopic (exact) mass is 380 g/mol. The van der Waals surface area contributed by atoms with Gasteiger partial charge in [-0.2, -0.15) is 0 Å². The Bertz CT molecular complexity index is 560. The van der Waals surface area contributed by atoms with E-state index in [0.717, 1.165) is 18.7 Å². The zero-order chi connectivity index (χ0) is 20.1. The molecule has 7 heteroatoms. The maximum Gasteiger partial charge on any atom is 0.307 e. The molecule has 0 atom stereocenters. The van der Waals surface area contributed by atoms with E-state index < -0.39 is 0 Å². The SMILES string of the molecule is CCOC(=O)CCN(CCCN(C)C)C(=O)COc1ccc(OCC)cc1. The van der Waals surface area contributed by atoms with Gasteiger partial charge in [0, 0.05) is 13.1 Å². The zero-order valence-electron chi connectivity index (χ0n) is 16.9. The van der Waals surface area contributed by atoms with Crippen LogP contribution in [0.4, 0.5) is 0 Å². The lowest BCUT2D eigenvalue weighted by molar-refractivity contribution is -0.144. The van der Waals surface area contributed by atoms with Gasteiger partial charge in [0.05, 0.1) is 19.6 Å². The lowest BCUT2D eigenvalue weighted by Crippen LogP contribution is -2.38. The summed E-state index contributed by atoms with van der Waals surface area (Å²) in [4.78, 5) is 27.9. The fraction of sp³-hybridized carbons (Fsp3) is 0.600. The Morgan fingerprint density at radius 2 is 1.52 bits per heavy atom. The molecule has 0 N–H and O–H groups in total. The summed E-state index contributed by atoms with van der Waals surface area (Å²) in [5.41, 5.74) is 0. The standard InChI is InChI=1S/C20H32N2O5/c1-5-25-17-8-10-18(11-9-17)27-16-19(23)22(14-7-13-21(3)4)15-12-20(24)26-6-2/h8-11H,5-7,12-16H2,1-4H3. The van der Waals surface area contributed by atoms with Crippen LogP contribution < -0.4 is 9.47 Å². The molecule has 0 aromatic heterocycles. The van der Waals surface area contributed by atoms with E-state index in [2.05, 4.69) is 4.90 Å². The fourth-order valence-corrected chi connectivity index (χ4v) is 2.43. The first-order valence-corrected chi connectivity index (χ1v) is 9.40. The number of ether oxygens (including phenoxy) is 3. The Hall–Kier alpha value is -2.28. The van der Waals surface area contributed by atoms with Crippen LogP contribution in [-0.2, 0) is 14.3 Å². The number of carbonyl (C=O) groups is 2. The van der Waals surface area contributed by atoms with Crippen molar-refractivity contribution in [2.45, 2.75) is 26.7 Å². The number of carbonyl (C=O) groups excluding carboxylic acids is 2. The van der Waals surface area contributed by atoms with Crippen LogP contribution in [-0.4, -0.2) is 75.2 Å². The highest BCUT2D eigenvalue weighted by atomic mass is 16.5. The third-order valence-corrected chi connectivity index (χ3v) is 3.77. The van der Waals surface area contributed by atoms with Gasteiger partial charge in [-0.15, -0.1) is 0 Å². The number of amides is 1. The topological polar surface area (TPSA) is 68.3 Å². The number of hydrogen-bond acceptors (Lipinski definition) is 6. The molecule has 0 aliphatic heterocycles. The van der Waals surface area contributed by atoms with Crippen molar-refractivity contribution in [1.82, 2.24) is 9.80 Å². The fourth-order valence-electron chi connectivity index (χ4n) is 2.43. The summed E-state index contributed by atoms with van der Waals surface area (Å²) in [7, 11) is 3.97. The van der Waals surface area contributed by atoms with Crippen molar-refractivity contribution < 1.29 is 23.8 Å². The van der Waals surface area contributed by atoms with Gasteiger partial charge in [-0.3, -0.25) is 9.59 Å². The highest BCUT2D eigenvalue weighted by molar-refractivity contribution is 5.78. The Morgan fingerprint density at radius 1 is 0.889 bits per heavy atom. The van der Waals surface area contributed by atoms with Crippen molar-refractivity contribution in [1.29, 1.82) is 0 Å². The second-order valence-electron chi connectivity index (χ2n) is 6.29. The molecule has 0 heterocycles. The molecule has 0 unspecified atom stereocenters. The molecular formula is C20H32N2O5. The summed E-state index contributed by atoms with van der Waals surface area (Å²) < 4.78 is 15.9. The predicted molar refractivity (Wildman–Crippen MR) is 104 cm³/mol. The number of benzene rings is 1. The van der Waals surface area contributed by atoms with Gasteiger partial charge in [-0.1, -0.05) is 0 Å². The van der Waals surface area contributed by atoms with E-state index in [1.807, 2.05) is 21.0 Å². The van der Waals surface area contributed by atoms with E-state index >= 15 is 0 Å². The van der Waals surface area contributed by atoms with Gasteiger partial charge in [0.15, 0.2) is 6.61 Å². The number of hydrogen-bond donors (Lipinski definition) is 0. The van der Waals surface area contributed by atoms with Gasteiger partial charge in [0.1, 0.15) is 11.5 Å². The van der Waals surface area contributed by atoms with Gasteiger partial charge in [-0.25, -0.2) is 0 Å². The van der Waals surface area contributed by atoms with E-state index in [1.54, 1.807) is 36.1 Å². The molecule has 0 spiro atoms. The van der Waals surface area contributed by atoms with Gasteiger partial charge < -0.3 is 24.0 Å². The summed E-state index contributed by atoms with van der Waals surface area (Å²) in [5, 5.41) is 0. The minimum atomic E-state index is -0.296. The molecule has 1 rings (SSSR count). The molecule has 1 aromatic carbocycles. The second kappa shape index (κ2) is 13.0. The number of esters is 1. The third kappa shape index (κ3) is 9.84. The van der Waals surface area contributed by atoms with Gasteiger partial charge in [0.2, 0.25) is 0 Å². The molecule has 0 saturated carbocycles. The largest absolute Gasteiger partial charge is 0.494 e. The highest BCUT2D eigenvalue weighted by Gasteiger charge is 2.16.